The molecule has 0 saturated heterocycles. The number of carbonyl (C=O) groups excluding carboxylic acids is 1. The van der Waals surface area contributed by atoms with Crippen LogP contribution < -0.4 is 5.69 Å². The largest absolute Gasteiger partial charge is 0.339 e. The normalized spacial score (nSPS) is 12.3. The van der Waals surface area contributed by atoms with Gasteiger partial charge in [-0.05, 0) is 24.6 Å². The van der Waals surface area contributed by atoms with Crippen molar-refractivity contribution in [3.63, 3.8) is 0 Å². The molecular formula is C20H23N3O2. The lowest BCUT2D eigenvalue weighted by molar-refractivity contribution is -0.132. The highest BCUT2D eigenvalue weighted by molar-refractivity contribution is 5.78. The van der Waals surface area contributed by atoms with Gasteiger partial charge in [0.15, 0.2) is 0 Å². The van der Waals surface area contributed by atoms with Crippen LogP contribution in [-0.2, 0) is 18.4 Å². The second kappa shape index (κ2) is 6.97. The van der Waals surface area contributed by atoms with Gasteiger partial charge in [0.2, 0.25) is 5.91 Å². The van der Waals surface area contributed by atoms with E-state index in [2.05, 4.69) is 0 Å². The van der Waals surface area contributed by atoms with Crippen molar-refractivity contribution in [2.45, 2.75) is 25.9 Å². The number of aryl methyl sites for hydroxylation is 2. The Bertz CT molecular complexity index is 940. The van der Waals surface area contributed by atoms with Gasteiger partial charge in [-0.15, -0.1) is 0 Å². The molecule has 25 heavy (non-hydrogen) atoms. The highest BCUT2D eigenvalue weighted by Gasteiger charge is 2.18. The highest BCUT2D eigenvalue weighted by atomic mass is 16.2. The highest BCUT2D eigenvalue weighted by Crippen LogP contribution is 2.19. The van der Waals surface area contributed by atoms with Crippen LogP contribution in [0.25, 0.3) is 11.0 Å². The summed E-state index contributed by atoms with van der Waals surface area (Å²) in [7, 11) is 3.57. The molecular weight excluding hydrogens is 314 g/mol. The molecule has 0 N–H and O–H groups in total. The minimum atomic E-state index is -0.0900. The summed E-state index contributed by atoms with van der Waals surface area (Å²) >= 11 is 0. The first-order valence-electron chi connectivity index (χ1n) is 8.45. The van der Waals surface area contributed by atoms with E-state index in [0.29, 0.717) is 13.0 Å². The number of imidazole rings is 1. The van der Waals surface area contributed by atoms with E-state index in [1.54, 1.807) is 21.1 Å². The van der Waals surface area contributed by atoms with Gasteiger partial charge < -0.3 is 4.90 Å². The zero-order valence-electron chi connectivity index (χ0n) is 14.8. The summed E-state index contributed by atoms with van der Waals surface area (Å²) in [6.07, 6.45) is 0.293. The monoisotopic (exact) mass is 337 g/mol. The predicted molar refractivity (Wildman–Crippen MR) is 99.4 cm³/mol. The van der Waals surface area contributed by atoms with Crippen molar-refractivity contribution in [2.24, 2.45) is 7.05 Å². The van der Waals surface area contributed by atoms with Crippen LogP contribution in [0.15, 0.2) is 59.4 Å². The molecule has 0 fully saturated rings. The fourth-order valence-electron chi connectivity index (χ4n) is 3.13. The van der Waals surface area contributed by atoms with Gasteiger partial charge in [-0.1, -0.05) is 42.5 Å². The molecule has 0 saturated carbocycles. The maximum absolute atomic E-state index is 12.6. The van der Waals surface area contributed by atoms with Crippen molar-refractivity contribution >= 4 is 16.9 Å². The van der Waals surface area contributed by atoms with E-state index < -0.39 is 0 Å². The average Bonchev–Trinajstić information content (AvgIpc) is 2.90. The van der Waals surface area contributed by atoms with E-state index in [0.717, 1.165) is 16.6 Å². The minimum Gasteiger partial charge on any atom is -0.339 e. The van der Waals surface area contributed by atoms with Crippen molar-refractivity contribution in [1.82, 2.24) is 14.0 Å². The van der Waals surface area contributed by atoms with Gasteiger partial charge in [0.1, 0.15) is 0 Å². The van der Waals surface area contributed by atoms with Gasteiger partial charge in [0, 0.05) is 27.1 Å². The van der Waals surface area contributed by atoms with Crippen molar-refractivity contribution in [3.05, 3.63) is 70.6 Å². The van der Waals surface area contributed by atoms with Gasteiger partial charge in [-0.2, -0.15) is 0 Å². The smallest absolute Gasteiger partial charge is 0.328 e. The fourth-order valence-corrected chi connectivity index (χ4v) is 3.13. The zero-order valence-corrected chi connectivity index (χ0v) is 14.8. The van der Waals surface area contributed by atoms with E-state index in [1.165, 1.54) is 0 Å². The number of benzene rings is 2. The molecule has 1 amide bonds. The van der Waals surface area contributed by atoms with Gasteiger partial charge in [0.25, 0.3) is 0 Å². The third-order valence-electron chi connectivity index (χ3n) is 4.86. The number of hydrogen-bond donors (Lipinski definition) is 0. The number of nitrogens with zero attached hydrogens (tertiary/aromatic N) is 3. The summed E-state index contributed by atoms with van der Waals surface area (Å²) < 4.78 is 3.30. The molecule has 0 aliphatic heterocycles. The Labute approximate surface area is 147 Å². The number of para-hydroxylation sites is 2. The number of aromatic nitrogens is 2. The number of fused-ring (bicyclic) bond motifs is 1. The van der Waals surface area contributed by atoms with Crippen LogP contribution in [0.5, 0.6) is 0 Å². The van der Waals surface area contributed by atoms with Gasteiger partial charge >= 0.3 is 5.69 Å². The molecule has 130 valence electrons. The zero-order chi connectivity index (χ0) is 18.0. The number of hydrogen-bond acceptors (Lipinski definition) is 2. The quantitative estimate of drug-likeness (QED) is 0.719. The molecule has 0 radical (unpaired) electrons. The standard InChI is InChI=1S/C20H23N3O2/c1-15(16-9-5-4-6-10-16)21(2)19(24)13-14-23-18-12-8-7-11-17(18)22(3)20(23)25/h4-12,15H,13-14H2,1-3H3. The van der Waals surface area contributed by atoms with Gasteiger partial charge in [0.05, 0.1) is 17.1 Å². The average molecular weight is 337 g/mol. The first-order valence-corrected chi connectivity index (χ1v) is 8.45. The van der Waals surface area contributed by atoms with Crippen LogP contribution in [-0.4, -0.2) is 27.0 Å². The molecule has 1 unspecified atom stereocenters. The summed E-state index contributed by atoms with van der Waals surface area (Å²) in [4.78, 5) is 26.8. The Kier molecular flexibility index (Phi) is 4.74. The van der Waals surface area contributed by atoms with Crippen molar-refractivity contribution in [1.29, 1.82) is 0 Å². The molecule has 1 aromatic heterocycles. The molecule has 1 atom stereocenters. The summed E-state index contributed by atoms with van der Waals surface area (Å²) in [5, 5.41) is 0. The molecule has 0 aliphatic rings. The van der Waals surface area contributed by atoms with Crippen LogP contribution in [0.2, 0.25) is 0 Å². The summed E-state index contributed by atoms with van der Waals surface area (Å²) in [5.74, 6) is 0.0242. The van der Waals surface area contributed by atoms with Crippen molar-refractivity contribution < 1.29 is 4.79 Å². The predicted octanol–water partition coefficient (Wildman–Crippen LogP) is 2.95. The molecule has 5 heteroatoms. The minimum absolute atomic E-state index is 0.00191. The second-order valence-electron chi connectivity index (χ2n) is 6.32. The van der Waals surface area contributed by atoms with Crippen LogP contribution in [0, 0.1) is 0 Å². The molecule has 2 aromatic carbocycles. The van der Waals surface area contributed by atoms with Crippen LogP contribution in [0.1, 0.15) is 24.9 Å². The Morgan fingerprint density at radius 1 is 1.04 bits per heavy atom. The molecule has 3 rings (SSSR count). The molecule has 0 spiro atoms. The Morgan fingerprint density at radius 2 is 1.64 bits per heavy atom. The van der Waals surface area contributed by atoms with E-state index in [-0.39, 0.29) is 17.6 Å². The maximum Gasteiger partial charge on any atom is 0.328 e. The van der Waals surface area contributed by atoms with Gasteiger partial charge in [-0.25, -0.2) is 4.79 Å². The first kappa shape index (κ1) is 17.0. The summed E-state index contributed by atoms with van der Waals surface area (Å²) in [5.41, 5.74) is 2.75. The van der Waals surface area contributed by atoms with E-state index >= 15 is 0 Å². The first-order chi connectivity index (χ1) is 12.0. The van der Waals surface area contributed by atoms with E-state index in [9.17, 15) is 9.59 Å². The fraction of sp³-hybridized carbons (Fsp3) is 0.300. The number of rotatable bonds is 5. The number of carbonyl (C=O) groups is 1. The van der Waals surface area contributed by atoms with E-state index in [4.69, 9.17) is 0 Å². The topological polar surface area (TPSA) is 47.2 Å². The summed E-state index contributed by atoms with van der Waals surface area (Å²) in [6, 6.07) is 17.6. The lowest BCUT2D eigenvalue weighted by atomic mass is 10.1. The number of amides is 1. The van der Waals surface area contributed by atoms with Gasteiger partial charge in [-0.3, -0.25) is 13.9 Å². The maximum atomic E-state index is 12.6. The Morgan fingerprint density at radius 3 is 2.32 bits per heavy atom. The lowest BCUT2D eigenvalue weighted by Crippen LogP contribution is -2.31. The van der Waals surface area contributed by atoms with Crippen LogP contribution in [0.4, 0.5) is 0 Å². The van der Waals surface area contributed by atoms with Crippen LogP contribution in [0.3, 0.4) is 0 Å². The third-order valence-corrected chi connectivity index (χ3v) is 4.86. The molecule has 1 heterocycles. The molecule has 0 aliphatic carbocycles. The summed E-state index contributed by atoms with van der Waals surface area (Å²) in [6.45, 7) is 2.39. The van der Waals surface area contributed by atoms with Crippen molar-refractivity contribution in [3.8, 4) is 0 Å². The molecule has 5 nitrogen and oxygen atoms in total. The lowest BCUT2D eigenvalue weighted by Gasteiger charge is -2.25. The third kappa shape index (κ3) is 3.22. The Balaban J connectivity index is 1.75. The Hall–Kier alpha value is -2.82. The van der Waals surface area contributed by atoms with Crippen molar-refractivity contribution in [2.75, 3.05) is 7.05 Å². The van der Waals surface area contributed by atoms with E-state index in [1.807, 2.05) is 68.6 Å². The van der Waals surface area contributed by atoms with Crippen LogP contribution >= 0.6 is 0 Å². The molecule has 0 bridgehead atoms. The molecule has 3 aromatic rings. The second-order valence-corrected chi connectivity index (χ2v) is 6.32. The SMILES string of the molecule is CC(c1ccccc1)N(C)C(=O)CCn1c(=O)n(C)c2ccccc21.